The summed E-state index contributed by atoms with van der Waals surface area (Å²) < 4.78 is 9.88. The summed E-state index contributed by atoms with van der Waals surface area (Å²) in [4.78, 5) is 11.1. The van der Waals surface area contributed by atoms with Crippen LogP contribution in [0.4, 0.5) is 4.79 Å². The van der Waals surface area contributed by atoms with Gasteiger partial charge in [-0.05, 0) is 12.8 Å². The summed E-state index contributed by atoms with van der Waals surface area (Å²) in [6, 6.07) is 0. The van der Waals surface area contributed by atoms with Crippen molar-refractivity contribution >= 4 is 6.16 Å². The van der Waals surface area contributed by atoms with Crippen molar-refractivity contribution in [1.82, 2.24) is 0 Å². The first-order valence-electron chi connectivity index (χ1n) is 12.1. The Hall–Kier alpha value is -0.730. The van der Waals surface area contributed by atoms with Gasteiger partial charge in [0, 0.05) is 0 Å². The molecule has 0 bridgehead atoms. The van der Waals surface area contributed by atoms with Crippen LogP contribution in [0.15, 0.2) is 0 Å². The van der Waals surface area contributed by atoms with Gasteiger partial charge in [-0.2, -0.15) is 0 Å². The third-order valence-corrected chi connectivity index (χ3v) is 5.14. The number of ether oxygens (including phenoxy) is 2. The molecular formula is C24H48O3. The Morgan fingerprint density at radius 3 is 1.15 bits per heavy atom. The third-order valence-electron chi connectivity index (χ3n) is 5.14. The van der Waals surface area contributed by atoms with Gasteiger partial charge in [0.05, 0.1) is 13.2 Å². The lowest BCUT2D eigenvalue weighted by Gasteiger charge is -2.05. The molecule has 0 unspecified atom stereocenters. The van der Waals surface area contributed by atoms with Crippen molar-refractivity contribution in [3.63, 3.8) is 0 Å². The Morgan fingerprint density at radius 1 is 0.444 bits per heavy atom. The molecule has 0 aliphatic carbocycles. The molecule has 3 heteroatoms. The van der Waals surface area contributed by atoms with Crippen molar-refractivity contribution in [3.8, 4) is 0 Å². The predicted octanol–water partition coefficient (Wildman–Crippen LogP) is 8.59. The van der Waals surface area contributed by atoms with Crippen molar-refractivity contribution in [2.75, 3.05) is 13.2 Å². The number of hydrogen-bond donors (Lipinski definition) is 0. The highest BCUT2D eigenvalue weighted by molar-refractivity contribution is 5.59. The number of hydrogen-bond acceptors (Lipinski definition) is 3. The lowest BCUT2D eigenvalue weighted by molar-refractivity contribution is 0.0541. The Balaban J connectivity index is 3.04. The SMILES string of the molecule is CCCCCCCCCCCCCCCCCCCCOC(=O)OCCC. The summed E-state index contributed by atoms with van der Waals surface area (Å²) in [6.07, 6.45) is 24.9. The molecular weight excluding hydrogens is 336 g/mol. The Kier molecular flexibility index (Phi) is 22.7. The van der Waals surface area contributed by atoms with E-state index in [-0.39, 0.29) is 0 Å². The van der Waals surface area contributed by atoms with Gasteiger partial charge in [0.15, 0.2) is 0 Å². The van der Waals surface area contributed by atoms with E-state index in [0.29, 0.717) is 13.2 Å². The van der Waals surface area contributed by atoms with E-state index in [4.69, 9.17) is 9.47 Å². The molecule has 27 heavy (non-hydrogen) atoms. The molecule has 0 radical (unpaired) electrons. The predicted molar refractivity (Wildman–Crippen MR) is 116 cm³/mol. The molecule has 0 saturated carbocycles. The summed E-state index contributed by atoms with van der Waals surface area (Å²) in [5.74, 6) is 0. The van der Waals surface area contributed by atoms with Crippen LogP contribution in [0, 0.1) is 0 Å². The van der Waals surface area contributed by atoms with Gasteiger partial charge in [0.1, 0.15) is 0 Å². The largest absolute Gasteiger partial charge is 0.508 e. The van der Waals surface area contributed by atoms with Crippen LogP contribution in [0.1, 0.15) is 136 Å². The van der Waals surface area contributed by atoms with Gasteiger partial charge in [-0.25, -0.2) is 4.79 Å². The van der Waals surface area contributed by atoms with Crippen LogP contribution in [0.25, 0.3) is 0 Å². The van der Waals surface area contributed by atoms with Gasteiger partial charge in [-0.1, -0.05) is 123 Å². The van der Waals surface area contributed by atoms with Crippen LogP contribution in [-0.4, -0.2) is 19.4 Å². The zero-order chi connectivity index (χ0) is 19.8. The summed E-state index contributed by atoms with van der Waals surface area (Å²) >= 11 is 0. The molecule has 0 atom stereocenters. The molecule has 0 fully saturated rings. The standard InChI is InChI=1S/C24H48O3/c1-3-5-6-7-8-9-10-11-12-13-14-15-16-17-18-19-20-21-23-27-24(25)26-22-4-2/h3-23H2,1-2H3. The summed E-state index contributed by atoms with van der Waals surface area (Å²) in [5, 5.41) is 0. The fourth-order valence-corrected chi connectivity index (χ4v) is 3.39. The van der Waals surface area contributed by atoms with Gasteiger partial charge < -0.3 is 9.47 Å². The minimum Gasteiger partial charge on any atom is -0.434 e. The van der Waals surface area contributed by atoms with E-state index in [1.165, 1.54) is 103 Å². The smallest absolute Gasteiger partial charge is 0.434 e. The van der Waals surface area contributed by atoms with E-state index >= 15 is 0 Å². The second-order valence-corrected chi connectivity index (χ2v) is 7.96. The molecule has 0 aromatic rings. The number of carbonyl (C=O) groups is 1. The van der Waals surface area contributed by atoms with Gasteiger partial charge in [-0.15, -0.1) is 0 Å². The van der Waals surface area contributed by atoms with Crippen LogP contribution in [0.2, 0.25) is 0 Å². The average molecular weight is 385 g/mol. The number of unbranched alkanes of at least 4 members (excludes halogenated alkanes) is 17. The second kappa shape index (κ2) is 23.3. The first kappa shape index (κ1) is 26.3. The summed E-state index contributed by atoms with van der Waals surface area (Å²) in [6.45, 7) is 5.22. The maximum atomic E-state index is 11.1. The maximum absolute atomic E-state index is 11.1. The minimum absolute atomic E-state index is 0.456. The van der Waals surface area contributed by atoms with E-state index in [9.17, 15) is 4.79 Å². The highest BCUT2D eigenvalue weighted by Crippen LogP contribution is 2.14. The van der Waals surface area contributed by atoms with Gasteiger partial charge in [0.2, 0.25) is 0 Å². The van der Waals surface area contributed by atoms with Crippen molar-refractivity contribution in [2.24, 2.45) is 0 Å². The quantitative estimate of drug-likeness (QED) is 0.147. The Labute approximate surface area is 170 Å². The van der Waals surface area contributed by atoms with Crippen LogP contribution in [0.5, 0.6) is 0 Å². The zero-order valence-corrected chi connectivity index (χ0v) is 18.6. The zero-order valence-electron chi connectivity index (χ0n) is 18.6. The van der Waals surface area contributed by atoms with Crippen molar-refractivity contribution in [1.29, 1.82) is 0 Å². The Bertz CT molecular complexity index is 291. The van der Waals surface area contributed by atoms with Crippen LogP contribution >= 0.6 is 0 Å². The minimum atomic E-state index is -0.510. The second-order valence-electron chi connectivity index (χ2n) is 7.96. The van der Waals surface area contributed by atoms with Gasteiger partial charge in [-0.3, -0.25) is 0 Å². The first-order chi connectivity index (χ1) is 13.3. The van der Waals surface area contributed by atoms with Crippen LogP contribution < -0.4 is 0 Å². The topological polar surface area (TPSA) is 35.5 Å². The molecule has 0 saturated heterocycles. The average Bonchev–Trinajstić information content (AvgIpc) is 2.68. The Morgan fingerprint density at radius 2 is 0.778 bits per heavy atom. The van der Waals surface area contributed by atoms with Crippen LogP contribution in [-0.2, 0) is 9.47 Å². The van der Waals surface area contributed by atoms with Crippen molar-refractivity contribution in [2.45, 2.75) is 136 Å². The maximum Gasteiger partial charge on any atom is 0.508 e. The lowest BCUT2D eigenvalue weighted by atomic mass is 10.0. The molecule has 0 amide bonds. The highest BCUT2D eigenvalue weighted by Gasteiger charge is 2.01. The molecule has 0 heterocycles. The fourth-order valence-electron chi connectivity index (χ4n) is 3.39. The van der Waals surface area contributed by atoms with E-state index < -0.39 is 6.16 Å². The van der Waals surface area contributed by atoms with Gasteiger partial charge >= 0.3 is 6.16 Å². The number of rotatable bonds is 21. The summed E-state index contributed by atoms with van der Waals surface area (Å²) in [5.41, 5.74) is 0. The van der Waals surface area contributed by atoms with Gasteiger partial charge in [0.25, 0.3) is 0 Å². The molecule has 0 aromatic carbocycles. The fraction of sp³-hybridized carbons (Fsp3) is 0.958. The lowest BCUT2D eigenvalue weighted by Crippen LogP contribution is -2.08. The molecule has 0 aromatic heterocycles. The molecule has 0 aliphatic rings. The molecule has 0 aliphatic heterocycles. The molecule has 0 N–H and O–H groups in total. The van der Waals surface area contributed by atoms with E-state index in [0.717, 1.165) is 19.3 Å². The third kappa shape index (κ3) is 23.2. The molecule has 162 valence electrons. The van der Waals surface area contributed by atoms with Crippen molar-refractivity contribution in [3.05, 3.63) is 0 Å². The van der Waals surface area contributed by atoms with E-state index in [1.807, 2.05) is 6.92 Å². The summed E-state index contributed by atoms with van der Waals surface area (Å²) in [7, 11) is 0. The van der Waals surface area contributed by atoms with E-state index in [2.05, 4.69) is 6.92 Å². The van der Waals surface area contributed by atoms with E-state index in [1.54, 1.807) is 0 Å². The van der Waals surface area contributed by atoms with Crippen LogP contribution in [0.3, 0.4) is 0 Å². The molecule has 3 nitrogen and oxygen atoms in total. The first-order valence-corrected chi connectivity index (χ1v) is 12.1. The normalized spacial score (nSPS) is 10.9. The molecule has 0 spiro atoms. The number of carbonyl (C=O) groups excluding carboxylic acids is 1. The molecule has 0 rings (SSSR count). The van der Waals surface area contributed by atoms with Crippen molar-refractivity contribution < 1.29 is 14.3 Å². The monoisotopic (exact) mass is 384 g/mol. The highest BCUT2D eigenvalue weighted by atomic mass is 16.7.